The fourth-order valence-corrected chi connectivity index (χ4v) is 2.31. The van der Waals surface area contributed by atoms with Crippen LogP contribution in [0.1, 0.15) is 12.0 Å². The van der Waals surface area contributed by atoms with Crippen LogP contribution in [-0.2, 0) is 4.79 Å². The summed E-state index contributed by atoms with van der Waals surface area (Å²) in [5.74, 6) is -0.221. The predicted octanol–water partition coefficient (Wildman–Crippen LogP) is 4.00. The molecule has 0 aliphatic rings. The van der Waals surface area contributed by atoms with Crippen LogP contribution in [0.25, 0.3) is 0 Å². The van der Waals surface area contributed by atoms with Crippen molar-refractivity contribution < 1.29 is 9.72 Å². The third kappa shape index (κ3) is 4.69. The van der Waals surface area contributed by atoms with E-state index in [1.807, 2.05) is 13.0 Å². The van der Waals surface area contributed by atoms with Crippen LogP contribution < -0.4 is 10.6 Å². The summed E-state index contributed by atoms with van der Waals surface area (Å²) in [5.41, 5.74) is 1.92. The Balaban J connectivity index is 1.89. The molecule has 2 aromatic carbocycles. The van der Waals surface area contributed by atoms with Gasteiger partial charge in [-0.2, -0.15) is 0 Å². The quantitative estimate of drug-likeness (QED) is 0.618. The minimum Gasteiger partial charge on any atom is -0.379 e. The van der Waals surface area contributed by atoms with Crippen molar-refractivity contribution in [1.29, 1.82) is 0 Å². The Hall–Kier alpha value is -2.60. The van der Waals surface area contributed by atoms with Crippen LogP contribution in [0, 0.1) is 17.0 Å². The Kier molecular flexibility index (Phi) is 5.54. The zero-order valence-corrected chi connectivity index (χ0v) is 13.3. The second-order valence-electron chi connectivity index (χ2n) is 4.98. The molecule has 0 heterocycles. The molecule has 7 heteroatoms. The Morgan fingerprint density at radius 1 is 1.22 bits per heavy atom. The molecule has 2 rings (SSSR count). The SMILES string of the molecule is Cc1ccc(NC(=O)CCNc2ccccc2[N+](=O)[O-])c(Cl)c1. The van der Waals surface area contributed by atoms with Gasteiger partial charge in [0.1, 0.15) is 5.69 Å². The largest absolute Gasteiger partial charge is 0.379 e. The van der Waals surface area contributed by atoms with Gasteiger partial charge in [-0.25, -0.2) is 0 Å². The molecule has 0 unspecified atom stereocenters. The molecule has 0 fully saturated rings. The van der Waals surface area contributed by atoms with Crippen LogP contribution in [0.5, 0.6) is 0 Å². The second-order valence-corrected chi connectivity index (χ2v) is 5.39. The lowest BCUT2D eigenvalue weighted by atomic mass is 10.2. The van der Waals surface area contributed by atoms with Gasteiger partial charge < -0.3 is 10.6 Å². The van der Waals surface area contributed by atoms with Crippen LogP contribution in [-0.4, -0.2) is 17.4 Å². The maximum Gasteiger partial charge on any atom is 0.292 e. The lowest BCUT2D eigenvalue weighted by molar-refractivity contribution is -0.384. The smallest absolute Gasteiger partial charge is 0.292 e. The van der Waals surface area contributed by atoms with E-state index in [2.05, 4.69) is 10.6 Å². The molecule has 0 aromatic heterocycles. The number of benzene rings is 2. The zero-order valence-electron chi connectivity index (χ0n) is 12.5. The number of anilines is 2. The van der Waals surface area contributed by atoms with Crippen molar-refractivity contribution in [3.8, 4) is 0 Å². The van der Waals surface area contributed by atoms with Gasteiger partial charge in [0.25, 0.3) is 5.69 Å². The number of hydrogen-bond acceptors (Lipinski definition) is 4. The van der Waals surface area contributed by atoms with Crippen molar-refractivity contribution in [3.05, 3.63) is 63.2 Å². The first kappa shape index (κ1) is 16.8. The zero-order chi connectivity index (χ0) is 16.8. The molecule has 0 bridgehead atoms. The predicted molar refractivity (Wildman–Crippen MR) is 91.0 cm³/mol. The molecule has 2 aromatic rings. The van der Waals surface area contributed by atoms with E-state index in [9.17, 15) is 14.9 Å². The normalized spacial score (nSPS) is 10.2. The maximum atomic E-state index is 11.9. The van der Waals surface area contributed by atoms with Crippen LogP contribution in [0.4, 0.5) is 17.1 Å². The molecule has 1 amide bonds. The van der Waals surface area contributed by atoms with Gasteiger partial charge in [0.2, 0.25) is 5.91 Å². The van der Waals surface area contributed by atoms with E-state index < -0.39 is 4.92 Å². The number of hydrogen-bond donors (Lipinski definition) is 2. The topological polar surface area (TPSA) is 84.3 Å². The number of carbonyl (C=O) groups is 1. The van der Waals surface area contributed by atoms with E-state index in [4.69, 9.17) is 11.6 Å². The number of nitro benzene ring substituents is 1. The van der Waals surface area contributed by atoms with Gasteiger partial charge in [-0.05, 0) is 30.7 Å². The first-order chi connectivity index (χ1) is 11.0. The molecule has 6 nitrogen and oxygen atoms in total. The number of nitrogens with one attached hydrogen (secondary N) is 2. The van der Waals surface area contributed by atoms with Crippen LogP contribution in [0.2, 0.25) is 5.02 Å². The third-order valence-corrected chi connectivity index (χ3v) is 3.48. The molecule has 0 atom stereocenters. The van der Waals surface area contributed by atoms with Gasteiger partial charge in [0.15, 0.2) is 0 Å². The van der Waals surface area contributed by atoms with Gasteiger partial charge in [0.05, 0.1) is 15.6 Å². The summed E-state index contributed by atoms with van der Waals surface area (Å²) >= 11 is 6.05. The number of amides is 1. The Bertz CT molecular complexity index is 734. The van der Waals surface area contributed by atoms with E-state index in [0.29, 0.717) is 16.4 Å². The van der Waals surface area contributed by atoms with E-state index >= 15 is 0 Å². The average Bonchev–Trinajstić information content (AvgIpc) is 2.50. The van der Waals surface area contributed by atoms with E-state index in [1.165, 1.54) is 6.07 Å². The highest BCUT2D eigenvalue weighted by Gasteiger charge is 2.12. The molecule has 120 valence electrons. The molecule has 0 aliphatic heterocycles. The summed E-state index contributed by atoms with van der Waals surface area (Å²) in [5, 5.41) is 17.0. The monoisotopic (exact) mass is 333 g/mol. The maximum absolute atomic E-state index is 11.9. The number of carbonyl (C=O) groups excluding carboxylic acids is 1. The lowest BCUT2D eigenvalue weighted by Gasteiger charge is -2.09. The highest BCUT2D eigenvalue weighted by Crippen LogP contribution is 2.24. The molecule has 0 radical (unpaired) electrons. The molecule has 23 heavy (non-hydrogen) atoms. The number of nitrogens with zero attached hydrogens (tertiary/aromatic N) is 1. The second kappa shape index (κ2) is 7.60. The van der Waals surface area contributed by atoms with Crippen molar-refractivity contribution in [2.45, 2.75) is 13.3 Å². The van der Waals surface area contributed by atoms with Gasteiger partial charge in [-0.15, -0.1) is 0 Å². The number of aryl methyl sites for hydroxylation is 1. The van der Waals surface area contributed by atoms with Gasteiger partial charge in [0, 0.05) is 19.0 Å². The summed E-state index contributed by atoms with van der Waals surface area (Å²) < 4.78 is 0. The number of rotatable bonds is 6. The van der Waals surface area contributed by atoms with Crippen molar-refractivity contribution in [1.82, 2.24) is 0 Å². The van der Waals surface area contributed by atoms with Gasteiger partial charge in [-0.1, -0.05) is 29.8 Å². The van der Waals surface area contributed by atoms with E-state index in [0.717, 1.165) is 5.56 Å². The fourth-order valence-electron chi connectivity index (χ4n) is 2.03. The average molecular weight is 334 g/mol. The molecule has 2 N–H and O–H groups in total. The molecule has 0 aliphatic carbocycles. The van der Waals surface area contributed by atoms with E-state index in [-0.39, 0.29) is 24.6 Å². The Morgan fingerprint density at radius 2 is 1.96 bits per heavy atom. The van der Waals surface area contributed by atoms with Crippen LogP contribution in [0.15, 0.2) is 42.5 Å². The minimum absolute atomic E-state index is 0.0190. The van der Waals surface area contributed by atoms with Gasteiger partial charge >= 0.3 is 0 Å². The minimum atomic E-state index is -0.464. The summed E-state index contributed by atoms with van der Waals surface area (Å²) in [6.07, 6.45) is 0.163. The standard InChI is InChI=1S/C16H16ClN3O3/c1-11-6-7-13(12(17)10-11)19-16(21)8-9-18-14-4-2-3-5-15(14)20(22)23/h2-7,10,18H,8-9H2,1H3,(H,19,21). The highest BCUT2D eigenvalue weighted by molar-refractivity contribution is 6.33. The number of nitro groups is 1. The lowest BCUT2D eigenvalue weighted by Crippen LogP contribution is -2.16. The highest BCUT2D eigenvalue weighted by atomic mass is 35.5. The third-order valence-electron chi connectivity index (χ3n) is 3.17. The van der Waals surface area contributed by atoms with Crippen molar-refractivity contribution in [2.24, 2.45) is 0 Å². The van der Waals surface area contributed by atoms with Crippen LogP contribution >= 0.6 is 11.6 Å². The summed E-state index contributed by atoms with van der Waals surface area (Å²) in [6, 6.07) is 11.7. The molecular weight excluding hydrogens is 318 g/mol. The number of halogens is 1. The Labute approximate surface area is 138 Å². The molecule has 0 spiro atoms. The first-order valence-electron chi connectivity index (χ1n) is 7.00. The summed E-state index contributed by atoms with van der Waals surface area (Å²) in [7, 11) is 0. The van der Waals surface area contributed by atoms with Crippen molar-refractivity contribution in [3.63, 3.8) is 0 Å². The number of para-hydroxylation sites is 2. The van der Waals surface area contributed by atoms with Gasteiger partial charge in [-0.3, -0.25) is 14.9 Å². The molecule has 0 saturated heterocycles. The molecule has 0 saturated carbocycles. The van der Waals surface area contributed by atoms with Crippen LogP contribution in [0.3, 0.4) is 0 Å². The Morgan fingerprint density at radius 3 is 2.65 bits per heavy atom. The van der Waals surface area contributed by atoms with Crippen molar-refractivity contribution in [2.75, 3.05) is 17.2 Å². The van der Waals surface area contributed by atoms with Crippen molar-refractivity contribution >= 4 is 34.6 Å². The summed E-state index contributed by atoms with van der Waals surface area (Å²) in [6.45, 7) is 2.19. The fraction of sp³-hybridized carbons (Fsp3) is 0.188. The summed E-state index contributed by atoms with van der Waals surface area (Å²) in [4.78, 5) is 22.3. The van der Waals surface area contributed by atoms with E-state index in [1.54, 1.807) is 30.3 Å². The molecular formula is C16H16ClN3O3. The first-order valence-corrected chi connectivity index (χ1v) is 7.38.